The smallest absolute Gasteiger partial charge is 0.325 e. The molecule has 0 amide bonds. The van der Waals surface area contributed by atoms with Crippen LogP contribution in [0.2, 0.25) is 0 Å². The largest absolute Gasteiger partial charge is 0.480 e. The lowest BCUT2D eigenvalue weighted by molar-refractivity contribution is -0.138. The van der Waals surface area contributed by atoms with E-state index in [9.17, 15) is 4.79 Å². The molecule has 0 aliphatic carbocycles. The van der Waals surface area contributed by atoms with Crippen LogP contribution in [0.1, 0.15) is 11.6 Å². The number of fused-ring (bicyclic) bond motifs is 1. The second-order valence-corrected chi connectivity index (χ2v) is 2.98. The number of carboxylic acid groups (broad SMARTS) is 1. The molecule has 0 aromatic carbocycles. The van der Waals surface area contributed by atoms with Crippen molar-refractivity contribution < 1.29 is 9.90 Å². The molecule has 1 unspecified atom stereocenters. The maximum atomic E-state index is 10.6. The van der Waals surface area contributed by atoms with Gasteiger partial charge in [-0.25, -0.2) is 4.52 Å². The number of nitrogens with two attached hydrogens (primary N) is 1. The Bertz CT molecular complexity index is 478. The van der Waals surface area contributed by atoms with Gasteiger partial charge in [0.25, 0.3) is 0 Å². The first-order valence-corrected chi connectivity index (χ1v) is 4.10. The fraction of sp³-hybridized carbons (Fsp3) is 0.111. The summed E-state index contributed by atoms with van der Waals surface area (Å²) in [6.45, 7) is 0. The molecule has 3 N–H and O–H groups in total. The molecule has 0 saturated carbocycles. The molecule has 2 aromatic rings. The van der Waals surface area contributed by atoms with Gasteiger partial charge in [0.1, 0.15) is 6.04 Å². The summed E-state index contributed by atoms with van der Waals surface area (Å²) in [5.74, 6) is -1.04. The number of hydrogen-bond acceptors (Lipinski definition) is 3. The minimum Gasteiger partial charge on any atom is -0.480 e. The zero-order valence-electron chi connectivity index (χ0n) is 7.29. The number of aromatic nitrogens is 2. The molecule has 2 rings (SSSR count). The predicted molar refractivity (Wildman–Crippen MR) is 49.8 cm³/mol. The minimum absolute atomic E-state index is 0.536. The number of aliphatic carboxylic acids is 1. The Kier molecular flexibility index (Phi) is 1.94. The van der Waals surface area contributed by atoms with Crippen LogP contribution in [0.4, 0.5) is 0 Å². The molecule has 0 aliphatic rings. The fourth-order valence-corrected chi connectivity index (χ4v) is 1.26. The molecular weight excluding hydrogens is 182 g/mol. The number of carboxylic acids is 1. The Hall–Kier alpha value is -1.88. The Labute approximate surface area is 79.8 Å². The third-order valence-electron chi connectivity index (χ3n) is 2.04. The number of carbonyl (C=O) groups is 1. The van der Waals surface area contributed by atoms with E-state index in [4.69, 9.17) is 10.8 Å². The number of hydrogen-bond donors (Lipinski definition) is 2. The molecule has 1 atom stereocenters. The van der Waals surface area contributed by atoms with Gasteiger partial charge in [0.15, 0.2) is 0 Å². The average Bonchev–Trinajstić information content (AvgIpc) is 2.62. The Balaban J connectivity index is 2.48. The number of nitrogens with zero attached hydrogens (tertiary/aromatic N) is 2. The number of rotatable bonds is 2. The van der Waals surface area contributed by atoms with E-state index in [1.807, 2.05) is 6.07 Å². The van der Waals surface area contributed by atoms with E-state index in [1.165, 1.54) is 0 Å². The first-order chi connectivity index (χ1) is 6.68. The molecule has 5 nitrogen and oxygen atoms in total. The molecule has 0 bridgehead atoms. The van der Waals surface area contributed by atoms with Crippen molar-refractivity contribution in [2.45, 2.75) is 6.04 Å². The van der Waals surface area contributed by atoms with Gasteiger partial charge in [0.05, 0.1) is 5.52 Å². The van der Waals surface area contributed by atoms with Crippen LogP contribution >= 0.6 is 0 Å². The second kappa shape index (κ2) is 3.12. The fourth-order valence-electron chi connectivity index (χ4n) is 1.26. The van der Waals surface area contributed by atoms with Gasteiger partial charge in [-0.15, -0.1) is 0 Å². The molecule has 0 fully saturated rings. The molecule has 0 saturated heterocycles. The Morgan fingerprint density at radius 2 is 2.29 bits per heavy atom. The summed E-state index contributed by atoms with van der Waals surface area (Å²) in [5, 5.41) is 12.7. The van der Waals surface area contributed by atoms with Gasteiger partial charge in [-0.3, -0.25) is 4.79 Å². The van der Waals surface area contributed by atoms with Gasteiger partial charge < -0.3 is 10.8 Å². The van der Waals surface area contributed by atoms with E-state index < -0.39 is 12.0 Å². The molecule has 2 heterocycles. The number of pyridine rings is 1. The Morgan fingerprint density at radius 3 is 3.00 bits per heavy atom. The maximum Gasteiger partial charge on any atom is 0.325 e. The average molecular weight is 191 g/mol. The lowest BCUT2D eigenvalue weighted by Gasteiger charge is -2.06. The molecule has 72 valence electrons. The van der Waals surface area contributed by atoms with Crippen LogP contribution in [0.3, 0.4) is 0 Å². The van der Waals surface area contributed by atoms with Crippen LogP contribution in [-0.4, -0.2) is 20.7 Å². The second-order valence-electron chi connectivity index (χ2n) is 2.98. The van der Waals surface area contributed by atoms with Crippen LogP contribution in [-0.2, 0) is 4.79 Å². The molecular formula is C9H9N3O2. The topological polar surface area (TPSA) is 80.6 Å². The maximum absolute atomic E-state index is 10.6. The highest BCUT2D eigenvalue weighted by atomic mass is 16.4. The summed E-state index contributed by atoms with van der Waals surface area (Å²) >= 11 is 0. The highest BCUT2D eigenvalue weighted by Gasteiger charge is 2.14. The van der Waals surface area contributed by atoms with Gasteiger partial charge in [-0.2, -0.15) is 5.10 Å². The normalized spacial score (nSPS) is 12.9. The summed E-state index contributed by atoms with van der Waals surface area (Å²) in [6, 6.07) is 4.31. The highest BCUT2D eigenvalue weighted by Crippen LogP contribution is 2.11. The van der Waals surface area contributed by atoms with Crippen LogP contribution in [0, 0.1) is 0 Å². The van der Waals surface area contributed by atoms with Crippen molar-refractivity contribution in [1.82, 2.24) is 9.61 Å². The molecule has 0 spiro atoms. The summed E-state index contributed by atoms with van der Waals surface area (Å²) < 4.78 is 1.60. The third kappa shape index (κ3) is 1.33. The quantitative estimate of drug-likeness (QED) is 0.720. The Morgan fingerprint density at radius 1 is 1.50 bits per heavy atom. The third-order valence-corrected chi connectivity index (χ3v) is 2.04. The van der Waals surface area contributed by atoms with Crippen molar-refractivity contribution in [3.05, 3.63) is 36.2 Å². The molecule has 0 radical (unpaired) electrons. The van der Waals surface area contributed by atoms with Gasteiger partial charge in [0.2, 0.25) is 0 Å². The monoisotopic (exact) mass is 191 g/mol. The summed E-state index contributed by atoms with van der Waals surface area (Å²) in [7, 11) is 0. The first kappa shape index (κ1) is 8.71. The van der Waals surface area contributed by atoms with Crippen molar-refractivity contribution in [1.29, 1.82) is 0 Å². The first-order valence-electron chi connectivity index (χ1n) is 4.10. The van der Waals surface area contributed by atoms with Crippen molar-refractivity contribution in [2.75, 3.05) is 0 Å². The van der Waals surface area contributed by atoms with Crippen molar-refractivity contribution in [3.8, 4) is 0 Å². The molecule has 0 aliphatic heterocycles. The summed E-state index contributed by atoms with van der Waals surface area (Å²) in [5.41, 5.74) is 6.90. The standard InChI is InChI=1S/C9H9N3O2/c10-8(9(13)14)6-1-2-7-3-4-11-12(7)5-6/h1-5,8H,10H2,(H,13,14). The van der Waals surface area contributed by atoms with Crippen LogP contribution in [0.5, 0.6) is 0 Å². The van der Waals surface area contributed by atoms with Crippen molar-refractivity contribution in [2.24, 2.45) is 5.73 Å². The van der Waals surface area contributed by atoms with E-state index in [0.29, 0.717) is 5.56 Å². The van der Waals surface area contributed by atoms with E-state index in [0.717, 1.165) is 5.52 Å². The van der Waals surface area contributed by atoms with E-state index in [2.05, 4.69) is 5.10 Å². The minimum atomic E-state index is -1.04. The van der Waals surface area contributed by atoms with Gasteiger partial charge >= 0.3 is 5.97 Å². The van der Waals surface area contributed by atoms with Crippen LogP contribution in [0.25, 0.3) is 5.52 Å². The highest BCUT2D eigenvalue weighted by molar-refractivity contribution is 5.75. The lowest BCUT2D eigenvalue weighted by Crippen LogP contribution is -2.20. The summed E-state index contributed by atoms with van der Waals surface area (Å²) in [6.07, 6.45) is 3.26. The molecule has 5 heteroatoms. The zero-order chi connectivity index (χ0) is 10.1. The SMILES string of the molecule is NC(C(=O)O)c1ccc2ccnn2c1. The zero-order valence-corrected chi connectivity index (χ0v) is 7.29. The molecule has 14 heavy (non-hydrogen) atoms. The van der Waals surface area contributed by atoms with Crippen molar-refractivity contribution in [3.63, 3.8) is 0 Å². The van der Waals surface area contributed by atoms with Crippen LogP contribution < -0.4 is 5.73 Å². The van der Waals surface area contributed by atoms with E-state index in [1.54, 1.807) is 29.0 Å². The summed E-state index contributed by atoms with van der Waals surface area (Å²) in [4.78, 5) is 10.6. The molecule has 2 aromatic heterocycles. The van der Waals surface area contributed by atoms with E-state index in [-0.39, 0.29) is 0 Å². The van der Waals surface area contributed by atoms with Gasteiger partial charge in [-0.1, -0.05) is 6.07 Å². The van der Waals surface area contributed by atoms with E-state index >= 15 is 0 Å². The van der Waals surface area contributed by atoms with Crippen LogP contribution in [0.15, 0.2) is 30.6 Å². The van der Waals surface area contributed by atoms with Gasteiger partial charge in [-0.05, 0) is 17.7 Å². The van der Waals surface area contributed by atoms with Gasteiger partial charge in [0, 0.05) is 12.4 Å². The lowest BCUT2D eigenvalue weighted by atomic mass is 10.1. The van der Waals surface area contributed by atoms with Crippen molar-refractivity contribution >= 4 is 11.5 Å². The predicted octanol–water partition coefficient (Wildman–Crippen LogP) is 0.419.